The Bertz CT molecular complexity index is 481. The summed E-state index contributed by atoms with van der Waals surface area (Å²) in [5.41, 5.74) is 6.12. The Balaban J connectivity index is 2.18. The Morgan fingerprint density at radius 3 is 3.00 bits per heavy atom. The van der Waals surface area contributed by atoms with Crippen LogP contribution in [0.4, 0.5) is 4.39 Å². The maximum atomic E-state index is 13.5. The van der Waals surface area contributed by atoms with Crippen LogP contribution in [0.25, 0.3) is 0 Å². The molecule has 1 amide bonds. The molecule has 1 aliphatic rings. The lowest BCUT2D eigenvalue weighted by Crippen LogP contribution is -2.45. The minimum Gasteiger partial charge on any atom is -0.338 e. The van der Waals surface area contributed by atoms with Gasteiger partial charge in [0, 0.05) is 13.1 Å². The van der Waals surface area contributed by atoms with Crippen LogP contribution in [-0.2, 0) is 0 Å². The van der Waals surface area contributed by atoms with Gasteiger partial charge in [0.1, 0.15) is 5.82 Å². The van der Waals surface area contributed by atoms with Crippen LogP contribution in [0.2, 0.25) is 0 Å². The topological polar surface area (TPSA) is 46.3 Å². The second-order valence-corrected chi connectivity index (χ2v) is 5.91. The molecule has 5 heteroatoms. The van der Waals surface area contributed by atoms with E-state index in [0.717, 1.165) is 6.42 Å². The number of halogens is 2. The second-order valence-electron chi connectivity index (χ2n) is 5.11. The molecule has 0 aromatic heterocycles. The number of amides is 1. The van der Waals surface area contributed by atoms with E-state index in [1.807, 2.05) is 0 Å². The van der Waals surface area contributed by atoms with Crippen molar-refractivity contribution in [3.05, 3.63) is 34.1 Å². The largest absolute Gasteiger partial charge is 0.338 e. The van der Waals surface area contributed by atoms with Gasteiger partial charge >= 0.3 is 0 Å². The minimum atomic E-state index is -0.411. The summed E-state index contributed by atoms with van der Waals surface area (Å²) >= 11 is 3.14. The van der Waals surface area contributed by atoms with Crippen molar-refractivity contribution in [2.45, 2.75) is 13.3 Å². The van der Waals surface area contributed by atoms with Crippen LogP contribution in [0.1, 0.15) is 23.7 Å². The number of likely N-dealkylation sites (tertiary alicyclic amines) is 1. The molecule has 2 atom stereocenters. The number of benzene rings is 1. The number of hydrogen-bond acceptors (Lipinski definition) is 2. The summed E-state index contributed by atoms with van der Waals surface area (Å²) in [6.45, 7) is 4.10. The number of carbonyl (C=O) groups is 1. The van der Waals surface area contributed by atoms with Gasteiger partial charge in [0.15, 0.2) is 0 Å². The Kier molecular flexibility index (Phi) is 4.58. The third-order valence-corrected chi connectivity index (χ3v) is 4.69. The van der Waals surface area contributed by atoms with Crippen LogP contribution in [0.5, 0.6) is 0 Å². The van der Waals surface area contributed by atoms with E-state index in [-0.39, 0.29) is 10.4 Å². The SMILES string of the molecule is CC1CCN(C(=O)c2cccc(F)c2Br)CC1CN. The standard InChI is InChI=1S/C14H18BrFN2O/c1-9-5-6-18(8-10(9)7-17)14(19)11-3-2-4-12(16)13(11)15/h2-4,9-10H,5-8,17H2,1H3. The molecule has 0 radical (unpaired) electrons. The molecular weight excluding hydrogens is 311 g/mol. The third-order valence-electron chi connectivity index (χ3n) is 3.89. The summed E-state index contributed by atoms with van der Waals surface area (Å²) in [5.74, 6) is 0.318. The van der Waals surface area contributed by atoms with Crippen molar-refractivity contribution in [1.29, 1.82) is 0 Å². The molecule has 1 aromatic carbocycles. The van der Waals surface area contributed by atoms with E-state index in [0.29, 0.717) is 37.0 Å². The summed E-state index contributed by atoms with van der Waals surface area (Å²) in [7, 11) is 0. The van der Waals surface area contributed by atoms with E-state index < -0.39 is 5.82 Å². The molecule has 104 valence electrons. The number of carbonyl (C=O) groups excluding carboxylic acids is 1. The quantitative estimate of drug-likeness (QED) is 0.907. The van der Waals surface area contributed by atoms with Gasteiger partial charge < -0.3 is 10.6 Å². The van der Waals surface area contributed by atoms with E-state index in [1.165, 1.54) is 6.07 Å². The molecule has 0 bridgehead atoms. The van der Waals surface area contributed by atoms with Crippen molar-refractivity contribution < 1.29 is 9.18 Å². The van der Waals surface area contributed by atoms with Crippen molar-refractivity contribution in [2.75, 3.05) is 19.6 Å². The van der Waals surface area contributed by atoms with E-state index >= 15 is 0 Å². The van der Waals surface area contributed by atoms with Gasteiger partial charge in [0.05, 0.1) is 10.0 Å². The first kappa shape index (κ1) is 14.5. The molecule has 2 rings (SSSR count). The lowest BCUT2D eigenvalue weighted by Gasteiger charge is -2.36. The summed E-state index contributed by atoms with van der Waals surface area (Å²) in [6, 6.07) is 4.53. The van der Waals surface area contributed by atoms with Crippen LogP contribution in [-0.4, -0.2) is 30.4 Å². The summed E-state index contributed by atoms with van der Waals surface area (Å²) in [5, 5.41) is 0. The first-order valence-corrected chi connectivity index (χ1v) is 7.27. The maximum Gasteiger partial charge on any atom is 0.255 e. The molecule has 1 aromatic rings. The molecule has 19 heavy (non-hydrogen) atoms. The van der Waals surface area contributed by atoms with Crippen molar-refractivity contribution in [3.63, 3.8) is 0 Å². The van der Waals surface area contributed by atoms with Crippen LogP contribution in [0.15, 0.2) is 22.7 Å². The van der Waals surface area contributed by atoms with Crippen molar-refractivity contribution >= 4 is 21.8 Å². The van der Waals surface area contributed by atoms with Crippen molar-refractivity contribution in [2.24, 2.45) is 17.6 Å². The molecule has 1 heterocycles. The highest BCUT2D eigenvalue weighted by Gasteiger charge is 2.29. The fraction of sp³-hybridized carbons (Fsp3) is 0.500. The van der Waals surface area contributed by atoms with Crippen molar-refractivity contribution in [3.8, 4) is 0 Å². The molecule has 1 aliphatic heterocycles. The minimum absolute atomic E-state index is 0.128. The van der Waals surface area contributed by atoms with Crippen LogP contribution < -0.4 is 5.73 Å². The summed E-state index contributed by atoms with van der Waals surface area (Å²) in [6.07, 6.45) is 0.945. The van der Waals surface area contributed by atoms with Gasteiger partial charge in [-0.3, -0.25) is 4.79 Å². The predicted molar refractivity (Wildman–Crippen MR) is 76.3 cm³/mol. The Morgan fingerprint density at radius 2 is 2.32 bits per heavy atom. The lowest BCUT2D eigenvalue weighted by atomic mass is 9.87. The van der Waals surface area contributed by atoms with Crippen LogP contribution in [0.3, 0.4) is 0 Å². The van der Waals surface area contributed by atoms with E-state index in [2.05, 4.69) is 22.9 Å². The van der Waals surface area contributed by atoms with E-state index in [4.69, 9.17) is 5.73 Å². The van der Waals surface area contributed by atoms with Crippen LogP contribution >= 0.6 is 15.9 Å². The zero-order chi connectivity index (χ0) is 14.0. The highest BCUT2D eigenvalue weighted by molar-refractivity contribution is 9.10. The Hall–Kier alpha value is -0.940. The molecule has 1 saturated heterocycles. The van der Waals surface area contributed by atoms with Gasteiger partial charge in [-0.25, -0.2) is 4.39 Å². The fourth-order valence-electron chi connectivity index (χ4n) is 2.48. The van der Waals surface area contributed by atoms with E-state index in [9.17, 15) is 9.18 Å². The average molecular weight is 329 g/mol. The van der Waals surface area contributed by atoms with Gasteiger partial charge in [0.25, 0.3) is 5.91 Å². The second kappa shape index (κ2) is 6.01. The van der Waals surface area contributed by atoms with E-state index in [1.54, 1.807) is 17.0 Å². The number of rotatable bonds is 2. The molecule has 0 aliphatic carbocycles. The molecule has 2 unspecified atom stereocenters. The summed E-state index contributed by atoms with van der Waals surface area (Å²) in [4.78, 5) is 14.2. The maximum absolute atomic E-state index is 13.5. The van der Waals surface area contributed by atoms with Gasteiger partial charge in [-0.2, -0.15) is 0 Å². The zero-order valence-corrected chi connectivity index (χ0v) is 12.5. The molecule has 0 spiro atoms. The molecule has 3 nitrogen and oxygen atoms in total. The summed E-state index contributed by atoms with van der Waals surface area (Å²) < 4.78 is 13.7. The smallest absolute Gasteiger partial charge is 0.255 e. The van der Waals surface area contributed by atoms with Gasteiger partial charge in [-0.15, -0.1) is 0 Å². The van der Waals surface area contributed by atoms with Gasteiger partial charge in [0.2, 0.25) is 0 Å². The monoisotopic (exact) mass is 328 g/mol. The third kappa shape index (κ3) is 2.98. The van der Waals surface area contributed by atoms with Gasteiger partial charge in [-0.1, -0.05) is 13.0 Å². The first-order chi connectivity index (χ1) is 9.04. The van der Waals surface area contributed by atoms with Crippen LogP contribution in [0, 0.1) is 17.7 Å². The molecule has 2 N–H and O–H groups in total. The number of hydrogen-bond donors (Lipinski definition) is 1. The molecule has 1 fully saturated rings. The number of piperidine rings is 1. The van der Waals surface area contributed by atoms with Crippen molar-refractivity contribution in [1.82, 2.24) is 4.90 Å². The Labute approximate surface area is 121 Å². The highest BCUT2D eigenvalue weighted by atomic mass is 79.9. The first-order valence-electron chi connectivity index (χ1n) is 6.48. The average Bonchev–Trinajstić information content (AvgIpc) is 2.41. The Morgan fingerprint density at radius 1 is 1.58 bits per heavy atom. The fourth-order valence-corrected chi connectivity index (χ4v) is 2.91. The number of nitrogens with zero attached hydrogens (tertiary/aromatic N) is 1. The normalized spacial score (nSPS) is 23.5. The predicted octanol–water partition coefficient (Wildman–Crippen LogP) is 2.65. The highest BCUT2D eigenvalue weighted by Crippen LogP contribution is 2.26. The lowest BCUT2D eigenvalue weighted by molar-refractivity contribution is 0.0617. The number of nitrogens with two attached hydrogens (primary N) is 1. The van der Waals surface area contributed by atoms with Gasteiger partial charge in [-0.05, 0) is 52.9 Å². The molecule has 0 saturated carbocycles. The molecular formula is C14H18BrFN2O. The zero-order valence-electron chi connectivity index (χ0n) is 10.9.